The summed E-state index contributed by atoms with van der Waals surface area (Å²) in [7, 11) is -9.90. The summed E-state index contributed by atoms with van der Waals surface area (Å²) < 4.78 is 68.1. The van der Waals surface area contributed by atoms with Gasteiger partial charge in [-0.2, -0.15) is 0 Å². The highest BCUT2D eigenvalue weighted by Gasteiger charge is 2.30. The number of aliphatic hydroxyl groups excluding tert-OH is 1. The summed E-state index contributed by atoms with van der Waals surface area (Å²) >= 11 is 0. The predicted octanol–water partition coefficient (Wildman–Crippen LogP) is 18.5. The lowest BCUT2D eigenvalue weighted by atomic mass is 9.99. The average Bonchev–Trinajstić information content (AvgIpc) is 3.68. The summed E-state index contributed by atoms with van der Waals surface area (Å²) in [6.45, 7) is 14.0. The van der Waals surface area contributed by atoms with Gasteiger partial charge in [0.2, 0.25) is 0 Å². The van der Waals surface area contributed by atoms with Crippen molar-refractivity contribution in [3.63, 3.8) is 0 Å². The second-order valence-corrected chi connectivity index (χ2v) is 28.8. The zero-order chi connectivity index (χ0) is 63.9. The number of unbranched alkanes of at least 4 members (excludes halogenated alkanes) is 29. The van der Waals surface area contributed by atoms with Crippen LogP contribution < -0.4 is 0 Å². The molecule has 0 saturated carbocycles. The maximum atomic E-state index is 13.0. The topological polar surface area (TPSA) is 237 Å². The molecule has 17 nitrogen and oxygen atoms in total. The lowest BCUT2D eigenvalue weighted by Gasteiger charge is -2.21. The average molecular weight is 1270 g/mol. The Morgan fingerprint density at radius 3 is 0.826 bits per heavy atom. The molecule has 0 aliphatic heterocycles. The van der Waals surface area contributed by atoms with Crippen molar-refractivity contribution >= 4 is 39.5 Å². The van der Waals surface area contributed by atoms with Crippen molar-refractivity contribution in [2.75, 3.05) is 39.6 Å². The zero-order valence-corrected chi connectivity index (χ0v) is 57.7. The van der Waals surface area contributed by atoms with Crippen molar-refractivity contribution in [1.82, 2.24) is 0 Å². The Balaban J connectivity index is 5.25. The van der Waals surface area contributed by atoms with Gasteiger partial charge in [0.25, 0.3) is 0 Å². The summed E-state index contributed by atoms with van der Waals surface area (Å²) in [5.74, 6) is 0.792. The quantitative estimate of drug-likeness (QED) is 0.0222. The molecule has 0 aromatic carbocycles. The largest absolute Gasteiger partial charge is 0.472 e. The van der Waals surface area contributed by atoms with Crippen molar-refractivity contribution in [3.05, 3.63) is 0 Å². The highest BCUT2D eigenvalue weighted by Crippen LogP contribution is 2.45. The van der Waals surface area contributed by atoms with E-state index in [0.29, 0.717) is 37.5 Å². The van der Waals surface area contributed by atoms with E-state index in [2.05, 4.69) is 55.4 Å². The number of phosphoric acid groups is 2. The van der Waals surface area contributed by atoms with Gasteiger partial charge < -0.3 is 33.8 Å². The van der Waals surface area contributed by atoms with Crippen LogP contribution in [0.4, 0.5) is 0 Å². The van der Waals surface area contributed by atoms with Crippen LogP contribution in [-0.2, 0) is 65.4 Å². The third kappa shape index (κ3) is 59.7. The van der Waals surface area contributed by atoms with Gasteiger partial charge in [-0.15, -0.1) is 0 Å². The molecule has 0 amide bonds. The third-order valence-corrected chi connectivity index (χ3v) is 17.6. The van der Waals surface area contributed by atoms with Gasteiger partial charge in [0, 0.05) is 25.7 Å². The van der Waals surface area contributed by atoms with Gasteiger partial charge in [-0.25, -0.2) is 9.13 Å². The third-order valence-electron chi connectivity index (χ3n) is 15.7. The smallest absolute Gasteiger partial charge is 0.462 e. The molecular weight excluding hydrogens is 1140 g/mol. The van der Waals surface area contributed by atoms with E-state index in [-0.39, 0.29) is 25.7 Å². The van der Waals surface area contributed by atoms with Crippen LogP contribution >= 0.6 is 15.6 Å². The lowest BCUT2D eigenvalue weighted by molar-refractivity contribution is -0.161. The fraction of sp³-hybridized carbons (Fsp3) is 0.940. The molecule has 0 heterocycles. The van der Waals surface area contributed by atoms with Gasteiger partial charge in [0.15, 0.2) is 12.2 Å². The summed E-state index contributed by atoms with van der Waals surface area (Å²) in [5.41, 5.74) is 0. The standard InChI is InChI=1S/C67H130O17P2/c1-9-60(8)46-38-30-21-16-17-22-31-39-47-64(69)77-53-62(83-66(71)49-41-33-23-15-13-11-10-12-14-19-27-35-43-57(2)3)55-81-85(73,74)79-51-61(68)52-80-86(75,76)82-56-63(54-78-65(70)48-40-32-26-25-29-37-45-59(6)7)84-67(72)50-42-34-24-18-20-28-36-44-58(4)5/h57-63,68H,9-56H2,1-8H3,(H,73,74)(H,75,76)/t60?,61-,62-,63-/m1/s1. The Kier molecular flexibility index (Phi) is 55.7. The molecule has 6 atom stereocenters. The molecule has 0 spiro atoms. The Labute approximate surface area is 524 Å². The maximum absolute atomic E-state index is 13.0. The van der Waals surface area contributed by atoms with Crippen LogP contribution in [-0.4, -0.2) is 96.7 Å². The summed E-state index contributed by atoms with van der Waals surface area (Å²) in [4.78, 5) is 72.3. The monoisotopic (exact) mass is 1270 g/mol. The number of aliphatic hydroxyl groups is 1. The Bertz CT molecular complexity index is 1720. The minimum Gasteiger partial charge on any atom is -0.462 e. The molecule has 0 bridgehead atoms. The van der Waals surface area contributed by atoms with E-state index >= 15 is 0 Å². The molecule has 0 rings (SSSR count). The second-order valence-electron chi connectivity index (χ2n) is 25.9. The first-order valence-electron chi connectivity index (χ1n) is 34.7. The first-order valence-corrected chi connectivity index (χ1v) is 37.7. The number of carbonyl (C=O) groups is 4. The maximum Gasteiger partial charge on any atom is 0.472 e. The molecule has 19 heteroatoms. The summed E-state index contributed by atoms with van der Waals surface area (Å²) in [6.07, 6.45) is 37.7. The lowest BCUT2D eigenvalue weighted by Crippen LogP contribution is -2.30. The predicted molar refractivity (Wildman–Crippen MR) is 344 cm³/mol. The van der Waals surface area contributed by atoms with Gasteiger partial charge in [-0.05, 0) is 49.4 Å². The summed E-state index contributed by atoms with van der Waals surface area (Å²) in [6, 6.07) is 0. The van der Waals surface area contributed by atoms with Crippen LogP contribution in [0.3, 0.4) is 0 Å². The normalized spacial score (nSPS) is 14.7. The van der Waals surface area contributed by atoms with E-state index in [1.54, 1.807) is 0 Å². The highest BCUT2D eigenvalue weighted by atomic mass is 31.2. The molecule has 0 fully saturated rings. The fourth-order valence-electron chi connectivity index (χ4n) is 9.93. The SMILES string of the molecule is CCC(C)CCCCCCCCCCC(=O)OC[C@H](COP(=O)(O)OC[C@@H](O)COP(=O)(O)OC[C@@H](COC(=O)CCCCCCCCC(C)C)OC(=O)CCCCCCCCCC(C)C)OC(=O)CCCCCCCCCCCCCCC(C)C. The molecule has 0 saturated heterocycles. The van der Waals surface area contributed by atoms with Gasteiger partial charge in [0.05, 0.1) is 26.4 Å². The van der Waals surface area contributed by atoms with Crippen LogP contribution in [0.2, 0.25) is 0 Å². The number of rotatable bonds is 64. The molecule has 0 aliphatic carbocycles. The molecule has 3 N–H and O–H groups in total. The molecule has 0 aliphatic rings. The second kappa shape index (κ2) is 57.0. The van der Waals surface area contributed by atoms with E-state index in [4.69, 9.17) is 37.0 Å². The van der Waals surface area contributed by atoms with Gasteiger partial charge in [-0.3, -0.25) is 37.3 Å². The Hall–Kier alpha value is -1.94. The first kappa shape index (κ1) is 84.1. The van der Waals surface area contributed by atoms with Crippen LogP contribution in [0.1, 0.15) is 325 Å². The minimum absolute atomic E-state index is 0.102. The summed E-state index contributed by atoms with van der Waals surface area (Å²) in [5, 5.41) is 10.6. The zero-order valence-electron chi connectivity index (χ0n) is 55.9. The number of hydrogen-bond donors (Lipinski definition) is 3. The van der Waals surface area contributed by atoms with Gasteiger partial charge in [-0.1, -0.05) is 274 Å². The minimum atomic E-state index is -4.95. The number of carbonyl (C=O) groups excluding carboxylic acids is 4. The van der Waals surface area contributed by atoms with E-state index in [9.17, 15) is 43.2 Å². The molecular formula is C67H130O17P2. The Morgan fingerprint density at radius 2 is 0.558 bits per heavy atom. The molecule has 86 heavy (non-hydrogen) atoms. The van der Waals surface area contributed by atoms with Crippen LogP contribution in [0.15, 0.2) is 0 Å². The van der Waals surface area contributed by atoms with Crippen LogP contribution in [0, 0.1) is 23.7 Å². The number of ether oxygens (including phenoxy) is 4. The molecule has 0 aromatic rings. The molecule has 0 radical (unpaired) electrons. The van der Waals surface area contributed by atoms with Crippen molar-refractivity contribution in [3.8, 4) is 0 Å². The van der Waals surface area contributed by atoms with E-state index in [1.165, 1.54) is 122 Å². The number of phosphoric ester groups is 2. The van der Waals surface area contributed by atoms with Crippen molar-refractivity contribution in [2.24, 2.45) is 23.7 Å². The van der Waals surface area contributed by atoms with Crippen molar-refractivity contribution in [1.29, 1.82) is 0 Å². The Morgan fingerprint density at radius 1 is 0.326 bits per heavy atom. The number of hydrogen-bond acceptors (Lipinski definition) is 15. The number of esters is 4. The van der Waals surface area contributed by atoms with E-state index < -0.39 is 97.5 Å². The first-order chi connectivity index (χ1) is 41.1. The highest BCUT2D eigenvalue weighted by molar-refractivity contribution is 7.47. The molecule has 510 valence electrons. The van der Waals surface area contributed by atoms with E-state index in [1.807, 2.05) is 0 Å². The fourth-order valence-corrected chi connectivity index (χ4v) is 11.5. The van der Waals surface area contributed by atoms with Crippen LogP contribution in [0.25, 0.3) is 0 Å². The molecule has 3 unspecified atom stereocenters. The van der Waals surface area contributed by atoms with E-state index in [0.717, 1.165) is 108 Å². The van der Waals surface area contributed by atoms with Crippen molar-refractivity contribution in [2.45, 2.75) is 343 Å². The molecule has 0 aromatic heterocycles. The van der Waals surface area contributed by atoms with Gasteiger partial charge in [0.1, 0.15) is 19.3 Å². The van der Waals surface area contributed by atoms with Gasteiger partial charge >= 0.3 is 39.5 Å². The van der Waals surface area contributed by atoms with Crippen molar-refractivity contribution < 1.29 is 80.2 Å². The van der Waals surface area contributed by atoms with Crippen LogP contribution in [0.5, 0.6) is 0 Å².